The van der Waals surface area contributed by atoms with E-state index in [0.717, 1.165) is 38.0 Å². The van der Waals surface area contributed by atoms with Gasteiger partial charge >= 0.3 is 0 Å². The van der Waals surface area contributed by atoms with Crippen LogP contribution in [0.2, 0.25) is 0 Å². The van der Waals surface area contributed by atoms with Crippen LogP contribution in [0.5, 0.6) is 0 Å². The molecule has 0 radical (unpaired) electrons. The largest absolute Gasteiger partial charge is 0.313 e. The molecule has 1 saturated heterocycles. The van der Waals surface area contributed by atoms with Gasteiger partial charge in [0.2, 0.25) is 10.0 Å². The molecule has 1 heterocycles. The van der Waals surface area contributed by atoms with Crippen LogP contribution in [0.1, 0.15) is 25.3 Å². The molecule has 0 atom stereocenters. The molecule has 0 bridgehead atoms. The Morgan fingerprint density at radius 1 is 1.24 bits per heavy atom. The van der Waals surface area contributed by atoms with Crippen LogP contribution in [0.15, 0.2) is 29.2 Å². The first kappa shape index (κ1) is 16.4. The SMILES string of the molecule is CCNCc1ccccc1S(=O)(=O)NC1CCN(C)CC1. The Balaban J connectivity index is 2.12. The van der Waals surface area contributed by atoms with Crippen LogP contribution in [0, 0.1) is 0 Å². The van der Waals surface area contributed by atoms with E-state index in [1.54, 1.807) is 12.1 Å². The number of likely N-dealkylation sites (tertiary alicyclic amines) is 1. The second kappa shape index (κ2) is 7.35. The summed E-state index contributed by atoms with van der Waals surface area (Å²) in [5.41, 5.74) is 0.819. The molecule has 0 aliphatic carbocycles. The minimum Gasteiger partial charge on any atom is -0.313 e. The van der Waals surface area contributed by atoms with Gasteiger partial charge in [-0.2, -0.15) is 0 Å². The number of piperidine rings is 1. The molecule has 6 heteroatoms. The van der Waals surface area contributed by atoms with Crippen LogP contribution in [0.25, 0.3) is 0 Å². The van der Waals surface area contributed by atoms with Crippen molar-refractivity contribution in [2.45, 2.75) is 37.2 Å². The summed E-state index contributed by atoms with van der Waals surface area (Å²) in [5.74, 6) is 0. The zero-order valence-electron chi connectivity index (χ0n) is 12.8. The fourth-order valence-electron chi connectivity index (χ4n) is 2.58. The van der Waals surface area contributed by atoms with E-state index < -0.39 is 10.0 Å². The van der Waals surface area contributed by atoms with E-state index in [1.165, 1.54) is 0 Å². The van der Waals surface area contributed by atoms with Gasteiger partial charge in [0, 0.05) is 12.6 Å². The maximum absolute atomic E-state index is 12.6. The van der Waals surface area contributed by atoms with Gasteiger partial charge in [-0.15, -0.1) is 0 Å². The molecule has 2 rings (SSSR count). The van der Waals surface area contributed by atoms with Crippen LogP contribution < -0.4 is 10.0 Å². The van der Waals surface area contributed by atoms with Gasteiger partial charge in [-0.1, -0.05) is 25.1 Å². The molecule has 1 aliphatic rings. The fraction of sp³-hybridized carbons (Fsp3) is 0.600. The number of rotatable bonds is 6. The van der Waals surface area contributed by atoms with Crippen molar-refractivity contribution in [3.05, 3.63) is 29.8 Å². The Hall–Kier alpha value is -0.950. The molecule has 0 spiro atoms. The van der Waals surface area contributed by atoms with Gasteiger partial charge in [-0.05, 0) is 51.2 Å². The van der Waals surface area contributed by atoms with E-state index >= 15 is 0 Å². The van der Waals surface area contributed by atoms with E-state index in [9.17, 15) is 8.42 Å². The van der Waals surface area contributed by atoms with Crippen molar-refractivity contribution in [1.29, 1.82) is 0 Å². The van der Waals surface area contributed by atoms with Gasteiger partial charge in [0.25, 0.3) is 0 Å². The normalized spacial score (nSPS) is 18.0. The Kier molecular flexibility index (Phi) is 5.75. The predicted octanol–water partition coefficient (Wildman–Crippen LogP) is 1.17. The van der Waals surface area contributed by atoms with Crippen molar-refractivity contribution >= 4 is 10.0 Å². The second-order valence-corrected chi connectivity index (χ2v) is 7.27. The second-order valence-electron chi connectivity index (χ2n) is 5.59. The minimum atomic E-state index is -3.45. The molecule has 118 valence electrons. The van der Waals surface area contributed by atoms with Gasteiger partial charge in [-0.3, -0.25) is 0 Å². The molecule has 1 fully saturated rings. The van der Waals surface area contributed by atoms with E-state index in [2.05, 4.69) is 22.0 Å². The first-order valence-electron chi connectivity index (χ1n) is 7.52. The molecule has 0 unspecified atom stereocenters. The highest BCUT2D eigenvalue weighted by molar-refractivity contribution is 7.89. The summed E-state index contributed by atoms with van der Waals surface area (Å²) in [7, 11) is -1.38. The zero-order valence-corrected chi connectivity index (χ0v) is 13.6. The van der Waals surface area contributed by atoms with Crippen molar-refractivity contribution in [2.75, 3.05) is 26.7 Å². The van der Waals surface area contributed by atoms with Crippen LogP contribution in [0.3, 0.4) is 0 Å². The Morgan fingerprint density at radius 2 is 1.90 bits per heavy atom. The number of sulfonamides is 1. The Morgan fingerprint density at radius 3 is 2.57 bits per heavy atom. The molecular formula is C15H25N3O2S. The molecule has 1 aromatic carbocycles. The first-order chi connectivity index (χ1) is 10.0. The van der Waals surface area contributed by atoms with E-state index in [0.29, 0.717) is 11.4 Å². The lowest BCUT2D eigenvalue weighted by molar-refractivity contribution is 0.248. The lowest BCUT2D eigenvalue weighted by Crippen LogP contribution is -2.43. The number of nitrogens with zero attached hydrogens (tertiary/aromatic N) is 1. The van der Waals surface area contributed by atoms with E-state index in [4.69, 9.17) is 0 Å². The maximum atomic E-state index is 12.6. The highest BCUT2D eigenvalue weighted by atomic mass is 32.2. The number of hydrogen-bond acceptors (Lipinski definition) is 4. The van der Waals surface area contributed by atoms with Crippen molar-refractivity contribution in [1.82, 2.24) is 14.9 Å². The smallest absolute Gasteiger partial charge is 0.241 e. The molecule has 1 aliphatic heterocycles. The molecule has 0 saturated carbocycles. The van der Waals surface area contributed by atoms with Gasteiger partial charge in [0.1, 0.15) is 0 Å². The number of benzene rings is 1. The average Bonchev–Trinajstić information content (AvgIpc) is 2.47. The molecular weight excluding hydrogens is 286 g/mol. The van der Waals surface area contributed by atoms with Crippen molar-refractivity contribution in [3.8, 4) is 0 Å². The van der Waals surface area contributed by atoms with Crippen LogP contribution in [0.4, 0.5) is 0 Å². The summed E-state index contributed by atoms with van der Waals surface area (Å²) in [6.45, 7) is 5.27. The zero-order chi connectivity index (χ0) is 15.3. The highest BCUT2D eigenvalue weighted by Crippen LogP contribution is 2.18. The quantitative estimate of drug-likeness (QED) is 0.828. The molecule has 0 amide bonds. The van der Waals surface area contributed by atoms with Crippen molar-refractivity contribution < 1.29 is 8.42 Å². The van der Waals surface area contributed by atoms with Crippen LogP contribution in [-0.2, 0) is 16.6 Å². The van der Waals surface area contributed by atoms with E-state index in [-0.39, 0.29) is 6.04 Å². The molecule has 2 N–H and O–H groups in total. The van der Waals surface area contributed by atoms with E-state index in [1.807, 2.05) is 19.1 Å². The maximum Gasteiger partial charge on any atom is 0.241 e. The summed E-state index contributed by atoms with van der Waals surface area (Å²) >= 11 is 0. The van der Waals surface area contributed by atoms with Gasteiger partial charge < -0.3 is 10.2 Å². The first-order valence-corrected chi connectivity index (χ1v) is 9.00. The van der Waals surface area contributed by atoms with Gasteiger partial charge in [-0.25, -0.2) is 13.1 Å². The third-order valence-corrected chi connectivity index (χ3v) is 5.49. The van der Waals surface area contributed by atoms with Crippen molar-refractivity contribution in [3.63, 3.8) is 0 Å². The monoisotopic (exact) mass is 311 g/mol. The standard InChI is InChI=1S/C15H25N3O2S/c1-3-16-12-13-6-4-5-7-15(13)21(19,20)17-14-8-10-18(2)11-9-14/h4-7,14,16-17H,3,8-12H2,1-2H3. The lowest BCUT2D eigenvalue weighted by atomic mass is 10.1. The summed E-state index contributed by atoms with van der Waals surface area (Å²) in [6, 6.07) is 7.24. The number of hydrogen-bond donors (Lipinski definition) is 2. The highest BCUT2D eigenvalue weighted by Gasteiger charge is 2.24. The van der Waals surface area contributed by atoms with Gasteiger partial charge in [0.05, 0.1) is 4.90 Å². The third-order valence-electron chi connectivity index (χ3n) is 3.87. The molecule has 1 aromatic rings. The third kappa shape index (κ3) is 4.51. The van der Waals surface area contributed by atoms with Crippen LogP contribution in [-0.4, -0.2) is 46.0 Å². The fourth-order valence-corrected chi connectivity index (χ4v) is 4.13. The average molecular weight is 311 g/mol. The summed E-state index contributed by atoms with van der Waals surface area (Å²) in [4.78, 5) is 2.62. The topological polar surface area (TPSA) is 61.4 Å². The summed E-state index contributed by atoms with van der Waals surface area (Å²) in [5, 5.41) is 3.19. The lowest BCUT2D eigenvalue weighted by Gasteiger charge is -2.29. The Labute approximate surface area is 127 Å². The Bertz CT molecular complexity index is 552. The predicted molar refractivity (Wildman–Crippen MR) is 84.7 cm³/mol. The minimum absolute atomic E-state index is 0.0402. The molecule has 0 aromatic heterocycles. The summed E-state index contributed by atoms with van der Waals surface area (Å²) in [6.07, 6.45) is 1.73. The summed E-state index contributed by atoms with van der Waals surface area (Å²) < 4.78 is 28.1. The van der Waals surface area contributed by atoms with Crippen molar-refractivity contribution in [2.24, 2.45) is 0 Å². The van der Waals surface area contributed by atoms with Gasteiger partial charge in [0.15, 0.2) is 0 Å². The number of nitrogens with one attached hydrogen (secondary N) is 2. The molecule has 5 nitrogen and oxygen atoms in total. The molecule has 21 heavy (non-hydrogen) atoms. The van der Waals surface area contributed by atoms with Crippen LogP contribution >= 0.6 is 0 Å².